The van der Waals surface area contributed by atoms with E-state index in [-0.39, 0.29) is 27.2 Å². The van der Waals surface area contributed by atoms with E-state index in [2.05, 4.69) is 16.2 Å². The lowest BCUT2D eigenvalue weighted by molar-refractivity contribution is -0.384. The third kappa shape index (κ3) is 4.61. The fourth-order valence-corrected chi connectivity index (χ4v) is 2.11. The van der Waals surface area contributed by atoms with Gasteiger partial charge < -0.3 is 5.32 Å². The fraction of sp³-hybridized carbons (Fsp3) is 0. The minimum absolute atomic E-state index is 0.0411. The van der Waals surface area contributed by atoms with Gasteiger partial charge in [0.15, 0.2) is 5.11 Å². The summed E-state index contributed by atoms with van der Waals surface area (Å²) in [6.07, 6.45) is 0. The molecule has 0 radical (unpaired) electrons. The second kappa shape index (κ2) is 7.66. The molecule has 7 nitrogen and oxygen atoms in total. The van der Waals surface area contributed by atoms with Crippen LogP contribution < -0.4 is 16.2 Å². The molecule has 0 fully saturated rings. The number of non-ortho nitro benzene ring substituents is 1. The van der Waals surface area contributed by atoms with Gasteiger partial charge in [0.1, 0.15) is 5.82 Å². The predicted molar refractivity (Wildman–Crippen MR) is 91.3 cm³/mol. The Morgan fingerprint density at radius 3 is 2.42 bits per heavy atom. The summed E-state index contributed by atoms with van der Waals surface area (Å²) < 4.78 is 12.8. The third-order valence-electron chi connectivity index (χ3n) is 2.80. The summed E-state index contributed by atoms with van der Waals surface area (Å²) in [5.74, 6) is -1.02. The zero-order chi connectivity index (χ0) is 17.7. The van der Waals surface area contributed by atoms with E-state index >= 15 is 0 Å². The Morgan fingerprint density at radius 2 is 1.83 bits per heavy atom. The summed E-state index contributed by atoms with van der Waals surface area (Å²) >= 11 is 10.8. The number of hydrogen-bond acceptors (Lipinski definition) is 4. The number of hydrazine groups is 1. The lowest BCUT2D eigenvalue weighted by Gasteiger charge is -2.12. The number of anilines is 1. The number of rotatable bonds is 3. The molecule has 3 N–H and O–H groups in total. The van der Waals surface area contributed by atoms with E-state index in [1.54, 1.807) is 0 Å². The van der Waals surface area contributed by atoms with E-state index in [9.17, 15) is 19.3 Å². The molecular weight excluding hydrogens is 359 g/mol. The maximum absolute atomic E-state index is 12.8. The Labute approximate surface area is 145 Å². The van der Waals surface area contributed by atoms with Gasteiger partial charge in [-0.05, 0) is 42.5 Å². The van der Waals surface area contributed by atoms with Crippen molar-refractivity contribution < 1.29 is 14.1 Å². The highest BCUT2D eigenvalue weighted by molar-refractivity contribution is 7.80. The van der Waals surface area contributed by atoms with Crippen LogP contribution in [0.15, 0.2) is 42.5 Å². The number of nitro groups is 1. The quantitative estimate of drug-likeness (QED) is 0.438. The Morgan fingerprint density at radius 1 is 1.17 bits per heavy atom. The number of benzene rings is 2. The first-order chi connectivity index (χ1) is 11.4. The van der Waals surface area contributed by atoms with Crippen molar-refractivity contribution >= 4 is 46.2 Å². The molecule has 1 amide bonds. The number of carbonyl (C=O) groups excluding carboxylic acids is 1. The molecule has 2 rings (SSSR count). The molecule has 0 aliphatic heterocycles. The number of hydrogen-bond donors (Lipinski definition) is 3. The van der Waals surface area contributed by atoms with Crippen molar-refractivity contribution in [3.05, 3.63) is 69.0 Å². The summed E-state index contributed by atoms with van der Waals surface area (Å²) in [6.45, 7) is 0. The second-order valence-corrected chi connectivity index (χ2v) is 5.28. The van der Waals surface area contributed by atoms with Crippen molar-refractivity contribution in [1.82, 2.24) is 10.9 Å². The molecule has 0 aliphatic carbocycles. The van der Waals surface area contributed by atoms with Crippen LogP contribution in [0.25, 0.3) is 0 Å². The molecule has 124 valence electrons. The summed E-state index contributed by atoms with van der Waals surface area (Å²) in [7, 11) is 0. The average Bonchev–Trinajstić information content (AvgIpc) is 2.54. The van der Waals surface area contributed by atoms with Crippen LogP contribution in [0.3, 0.4) is 0 Å². The SMILES string of the molecule is O=C(NNC(=S)Nc1ccc(F)cc1)c1ccc([N+](=O)[O-])cc1Cl. The standard InChI is InChI=1S/C14H10ClFN4O3S/c15-12-7-10(20(22)23)5-6-11(12)13(21)18-19-14(24)17-9-3-1-8(16)2-4-9/h1-7H,(H,18,21)(H2,17,19,24). The smallest absolute Gasteiger partial charge is 0.271 e. The van der Waals surface area contributed by atoms with Gasteiger partial charge in [-0.25, -0.2) is 4.39 Å². The van der Waals surface area contributed by atoms with Crippen molar-refractivity contribution in [2.45, 2.75) is 0 Å². The highest BCUT2D eigenvalue weighted by Gasteiger charge is 2.15. The van der Waals surface area contributed by atoms with E-state index in [0.29, 0.717) is 5.69 Å². The third-order valence-corrected chi connectivity index (χ3v) is 3.32. The van der Waals surface area contributed by atoms with Crippen LogP contribution in [0.2, 0.25) is 5.02 Å². The van der Waals surface area contributed by atoms with Gasteiger partial charge >= 0.3 is 0 Å². The first-order valence-corrected chi connectivity index (χ1v) is 7.22. The summed E-state index contributed by atoms with van der Waals surface area (Å²) in [5.41, 5.74) is 5.08. The topological polar surface area (TPSA) is 96.3 Å². The van der Waals surface area contributed by atoms with Gasteiger partial charge in [-0.15, -0.1) is 0 Å². The molecule has 0 saturated carbocycles. The lowest BCUT2D eigenvalue weighted by atomic mass is 10.2. The average molecular weight is 369 g/mol. The molecule has 0 aliphatic rings. The molecule has 0 unspecified atom stereocenters. The molecule has 0 bridgehead atoms. The van der Waals surface area contributed by atoms with Crippen molar-refractivity contribution in [2.24, 2.45) is 0 Å². The van der Waals surface area contributed by atoms with Crippen molar-refractivity contribution in [2.75, 3.05) is 5.32 Å². The molecule has 10 heteroatoms. The van der Waals surface area contributed by atoms with E-state index in [1.807, 2.05) is 0 Å². The second-order valence-electron chi connectivity index (χ2n) is 4.46. The Bertz CT molecular complexity index is 801. The zero-order valence-corrected chi connectivity index (χ0v) is 13.5. The summed E-state index contributed by atoms with van der Waals surface area (Å²) in [6, 6.07) is 8.91. The molecular formula is C14H10ClFN4O3S. The number of carbonyl (C=O) groups is 1. The minimum atomic E-state index is -0.627. The van der Waals surface area contributed by atoms with Gasteiger partial charge in [-0.1, -0.05) is 11.6 Å². The van der Waals surface area contributed by atoms with Crippen molar-refractivity contribution in [3.63, 3.8) is 0 Å². The maximum Gasteiger partial charge on any atom is 0.271 e. The molecule has 0 heterocycles. The highest BCUT2D eigenvalue weighted by Crippen LogP contribution is 2.22. The van der Waals surface area contributed by atoms with Gasteiger partial charge in [0, 0.05) is 17.8 Å². The van der Waals surface area contributed by atoms with Crippen molar-refractivity contribution in [3.8, 4) is 0 Å². The number of amides is 1. The first kappa shape index (κ1) is 17.6. The summed E-state index contributed by atoms with van der Waals surface area (Å²) in [4.78, 5) is 22.0. The van der Waals surface area contributed by atoms with E-state index in [0.717, 1.165) is 12.1 Å². The van der Waals surface area contributed by atoms with Gasteiger partial charge in [0.25, 0.3) is 11.6 Å². The van der Waals surface area contributed by atoms with E-state index < -0.39 is 10.8 Å². The molecule has 2 aromatic carbocycles. The molecule has 2 aromatic rings. The van der Waals surface area contributed by atoms with Crippen LogP contribution in [0.4, 0.5) is 15.8 Å². The van der Waals surface area contributed by atoms with Crippen LogP contribution in [-0.4, -0.2) is 15.9 Å². The maximum atomic E-state index is 12.8. The van der Waals surface area contributed by atoms with Gasteiger partial charge in [0.2, 0.25) is 0 Å². The van der Waals surface area contributed by atoms with Gasteiger partial charge in [-0.2, -0.15) is 0 Å². The number of halogens is 2. The number of nitrogens with zero attached hydrogens (tertiary/aromatic N) is 1. The van der Waals surface area contributed by atoms with E-state index in [1.165, 1.54) is 30.3 Å². The van der Waals surface area contributed by atoms with E-state index in [4.69, 9.17) is 23.8 Å². The number of nitro benzene ring substituents is 1. The summed E-state index contributed by atoms with van der Waals surface area (Å²) in [5, 5.41) is 13.4. The molecule has 0 saturated heterocycles. The zero-order valence-electron chi connectivity index (χ0n) is 11.9. The fourth-order valence-electron chi connectivity index (χ4n) is 1.68. The molecule has 24 heavy (non-hydrogen) atoms. The monoisotopic (exact) mass is 368 g/mol. The van der Waals surface area contributed by atoms with Crippen LogP contribution in [-0.2, 0) is 0 Å². The van der Waals surface area contributed by atoms with Crippen LogP contribution in [0, 0.1) is 15.9 Å². The lowest BCUT2D eigenvalue weighted by Crippen LogP contribution is -2.43. The van der Waals surface area contributed by atoms with Gasteiger partial charge in [0.05, 0.1) is 15.5 Å². The molecule has 0 atom stereocenters. The first-order valence-electron chi connectivity index (χ1n) is 6.43. The highest BCUT2D eigenvalue weighted by atomic mass is 35.5. The Hall–Kier alpha value is -2.78. The molecule has 0 spiro atoms. The largest absolute Gasteiger partial charge is 0.331 e. The Balaban J connectivity index is 1.94. The number of nitrogens with one attached hydrogen (secondary N) is 3. The minimum Gasteiger partial charge on any atom is -0.331 e. The van der Waals surface area contributed by atoms with Crippen LogP contribution in [0.5, 0.6) is 0 Å². The van der Waals surface area contributed by atoms with Crippen LogP contribution >= 0.6 is 23.8 Å². The normalized spacial score (nSPS) is 9.92. The Kier molecular flexibility index (Phi) is 5.61. The van der Waals surface area contributed by atoms with Crippen LogP contribution in [0.1, 0.15) is 10.4 Å². The van der Waals surface area contributed by atoms with Gasteiger partial charge in [-0.3, -0.25) is 25.8 Å². The number of thiocarbonyl (C=S) groups is 1. The van der Waals surface area contributed by atoms with Crippen molar-refractivity contribution in [1.29, 1.82) is 0 Å². The predicted octanol–water partition coefficient (Wildman–Crippen LogP) is 3.02. The molecule has 0 aromatic heterocycles.